The zero-order valence-corrected chi connectivity index (χ0v) is 29.9. The van der Waals surface area contributed by atoms with Gasteiger partial charge >= 0.3 is 0 Å². The third-order valence-electron chi connectivity index (χ3n) is 9.86. The summed E-state index contributed by atoms with van der Waals surface area (Å²) in [5.74, 6) is -1.11. The van der Waals surface area contributed by atoms with Crippen LogP contribution < -0.4 is 16.0 Å². The quantitative estimate of drug-likeness (QED) is 0.181. The number of benzene rings is 3. The number of rotatable bonds is 13. The molecule has 52 heavy (non-hydrogen) atoms. The Morgan fingerprint density at radius 2 is 1.50 bits per heavy atom. The monoisotopic (exact) mass is 701 g/mol. The molecule has 11 nitrogen and oxygen atoms in total. The molecule has 0 saturated carbocycles. The van der Waals surface area contributed by atoms with Crippen LogP contribution in [0.15, 0.2) is 96.8 Å². The molecule has 2 aliphatic rings. The van der Waals surface area contributed by atoms with Gasteiger partial charge in [0, 0.05) is 58.4 Å². The molecule has 1 atom stereocenters. The lowest BCUT2D eigenvalue weighted by molar-refractivity contribution is -0.131. The van der Waals surface area contributed by atoms with Crippen molar-refractivity contribution in [2.75, 3.05) is 26.2 Å². The van der Waals surface area contributed by atoms with Crippen LogP contribution in [0.2, 0.25) is 0 Å². The largest absolute Gasteiger partial charge is 0.350 e. The summed E-state index contributed by atoms with van der Waals surface area (Å²) < 4.78 is 1.61. The zero-order chi connectivity index (χ0) is 36.5. The second-order valence-electron chi connectivity index (χ2n) is 13.4. The van der Waals surface area contributed by atoms with Crippen LogP contribution >= 0.6 is 0 Å². The SMILES string of the molecule is CCC(=O)N/C(=C/c1ccc(CNC(=O)[C@@H](NC(=O)c2ccnn2CC)C2Cc3ccccc3C2)cc1)C(=O)N1CCN(Cc2ccccc2)CC1. The highest BCUT2D eigenvalue weighted by atomic mass is 16.2. The van der Waals surface area contributed by atoms with E-state index in [9.17, 15) is 19.2 Å². The molecule has 1 aliphatic heterocycles. The average Bonchev–Trinajstić information content (AvgIpc) is 3.84. The molecule has 1 saturated heterocycles. The van der Waals surface area contributed by atoms with Crippen LogP contribution in [0.4, 0.5) is 0 Å². The highest BCUT2D eigenvalue weighted by Crippen LogP contribution is 2.29. The standard InChI is InChI=1S/C41H47N7O4/c1-3-37(49)44-35(41(52)47-22-20-46(21-23-47)28-31-10-6-5-7-11-31)24-29-14-16-30(17-15-29)27-42-40(51)38(34-25-32-12-8-9-13-33(32)26-34)45-39(50)36-18-19-43-48(36)4-2/h5-19,24,34,38H,3-4,20-23,25-28H2,1-2H3,(H,42,51)(H,44,49)(H,45,50)/b35-24+/t38-/m0/s1. The van der Waals surface area contributed by atoms with Crippen LogP contribution in [-0.2, 0) is 46.9 Å². The lowest BCUT2D eigenvalue weighted by Gasteiger charge is -2.35. The van der Waals surface area contributed by atoms with E-state index in [1.807, 2.05) is 61.5 Å². The average molecular weight is 702 g/mol. The highest BCUT2D eigenvalue weighted by molar-refractivity contribution is 6.01. The van der Waals surface area contributed by atoms with Gasteiger partial charge in [0.1, 0.15) is 17.4 Å². The molecule has 11 heteroatoms. The zero-order valence-electron chi connectivity index (χ0n) is 29.9. The smallest absolute Gasteiger partial charge is 0.270 e. The predicted molar refractivity (Wildman–Crippen MR) is 199 cm³/mol. The number of amides is 4. The number of aromatic nitrogens is 2. The van der Waals surface area contributed by atoms with E-state index in [1.54, 1.807) is 34.8 Å². The molecule has 3 N–H and O–H groups in total. The minimum Gasteiger partial charge on any atom is -0.350 e. The molecule has 1 aromatic heterocycles. The molecule has 2 heterocycles. The van der Waals surface area contributed by atoms with Gasteiger partial charge in [0.15, 0.2) is 0 Å². The van der Waals surface area contributed by atoms with Gasteiger partial charge in [-0.25, -0.2) is 0 Å². The molecule has 0 radical (unpaired) electrons. The number of hydrogen-bond acceptors (Lipinski definition) is 6. The number of nitrogens with one attached hydrogen (secondary N) is 3. The summed E-state index contributed by atoms with van der Waals surface area (Å²) in [6, 6.07) is 26.9. The molecule has 3 aromatic carbocycles. The van der Waals surface area contributed by atoms with Crippen molar-refractivity contribution in [2.24, 2.45) is 5.92 Å². The number of fused-ring (bicyclic) bond motifs is 1. The van der Waals surface area contributed by atoms with E-state index >= 15 is 0 Å². The van der Waals surface area contributed by atoms with E-state index in [-0.39, 0.29) is 48.2 Å². The van der Waals surface area contributed by atoms with E-state index in [2.05, 4.69) is 50.2 Å². The number of carbonyl (C=O) groups excluding carboxylic acids is 4. The summed E-state index contributed by atoms with van der Waals surface area (Å²) in [5.41, 5.74) is 5.89. The first-order valence-corrected chi connectivity index (χ1v) is 18.1. The molecule has 0 bridgehead atoms. The first-order chi connectivity index (χ1) is 25.3. The summed E-state index contributed by atoms with van der Waals surface area (Å²) in [5, 5.41) is 13.1. The minimum absolute atomic E-state index is 0.0898. The maximum atomic E-state index is 13.8. The Balaban J connectivity index is 1.09. The maximum absolute atomic E-state index is 13.8. The lowest BCUT2D eigenvalue weighted by atomic mass is 9.95. The number of piperazine rings is 1. The molecular formula is C41H47N7O4. The van der Waals surface area contributed by atoms with E-state index < -0.39 is 6.04 Å². The van der Waals surface area contributed by atoms with Crippen molar-refractivity contribution in [2.45, 2.75) is 58.8 Å². The summed E-state index contributed by atoms with van der Waals surface area (Å²) in [6.07, 6.45) is 4.94. The molecular weight excluding hydrogens is 654 g/mol. The Morgan fingerprint density at radius 3 is 2.15 bits per heavy atom. The van der Waals surface area contributed by atoms with Crippen LogP contribution in [0.5, 0.6) is 0 Å². The van der Waals surface area contributed by atoms with Gasteiger partial charge < -0.3 is 20.9 Å². The summed E-state index contributed by atoms with van der Waals surface area (Å²) >= 11 is 0. The van der Waals surface area contributed by atoms with Crippen LogP contribution in [0.1, 0.15) is 58.6 Å². The van der Waals surface area contributed by atoms with Crippen molar-refractivity contribution < 1.29 is 19.2 Å². The number of aryl methyl sites for hydroxylation is 1. The topological polar surface area (TPSA) is 129 Å². The molecule has 270 valence electrons. The van der Waals surface area contributed by atoms with Gasteiger partial charge in [-0.15, -0.1) is 0 Å². The fourth-order valence-electron chi connectivity index (χ4n) is 6.93. The van der Waals surface area contributed by atoms with Gasteiger partial charge in [0.05, 0.1) is 0 Å². The van der Waals surface area contributed by atoms with Gasteiger partial charge in [-0.05, 0) is 65.6 Å². The second kappa shape index (κ2) is 17.1. The van der Waals surface area contributed by atoms with E-state index in [0.29, 0.717) is 38.2 Å². The van der Waals surface area contributed by atoms with Gasteiger partial charge in [-0.2, -0.15) is 5.10 Å². The van der Waals surface area contributed by atoms with Crippen molar-refractivity contribution in [3.63, 3.8) is 0 Å². The Hall–Kier alpha value is -5.55. The van der Waals surface area contributed by atoms with Gasteiger partial charge in [-0.1, -0.05) is 85.8 Å². The Kier molecular flexibility index (Phi) is 11.9. The molecule has 4 aromatic rings. The maximum Gasteiger partial charge on any atom is 0.270 e. The van der Waals surface area contributed by atoms with Crippen molar-refractivity contribution in [1.29, 1.82) is 0 Å². The van der Waals surface area contributed by atoms with Crippen LogP contribution in [0, 0.1) is 5.92 Å². The minimum atomic E-state index is -0.738. The second-order valence-corrected chi connectivity index (χ2v) is 13.4. The third-order valence-corrected chi connectivity index (χ3v) is 9.86. The normalized spacial score (nSPS) is 15.5. The lowest BCUT2D eigenvalue weighted by Crippen LogP contribution is -2.51. The van der Waals surface area contributed by atoms with Crippen LogP contribution in [-0.4, -0.2) is 75.4 Å². The van der Waals surface area contributed by atoms with Crippen molar-refractivity contribution in [1.82, 2.24) is 35.5 Å². The highest BCUT2D eigenvalue weighted by Gasteiger charge is 2.35. The first-order valence-electron chi connectivity index (χ1n) is 18.1. The molecule has 1 aliphatic carbocycles. The molecule has 0 unspecified atom stereocenters. The summed E-state index contributed by atoms with van der Waals surface area (Å²) in [6.45, 7) is 7.94. The van der Waals surface area contributed by atoms with Gasteiger partial charge in [-0.3, -0.25) is 28.8 Å². The van der Waals surface area contributed by atoms with Gasteiger partial charge in [0.2, 0.25) is 11.8 Å². The summed E-state index contributed by atoms with van der Waals surface area (Å²) in [4.78, 5) is 57.3. The Bertz CT molecular complexity index is 1870. The third kappa shape index (κ3) is 9.02. The predicted octanol–water partition coefficient (Wildman–Crippen LogP) is 3.94. The van der Waals surface area contributed by atoms with E-state index in [0.717, 1.165) is 30.8 Å². The Morgan fingerprint density at radius 1 is 0.827 bits per heavy atom. The Labute approximate surface area is 305 Å². The summed E-state index contributed by atoms with van der Waals surface area (Å²) in [7, 11) is 0. The van der Waals surface area contributed by atoms with E-state index in [4.69, 9.17) is 0 Å². The van der Waals surface area contributed by atoms with Crippen LogP contribution in [0.25, 0.3) is 6.08 Å². The first kappa shape index (κ1) is 36.2. The van der Waals surface area contributed by atoms with Crippen LogP contribution in [0.3, 0.4) is 0 Å². The molecule has 4 amide bonds. The fourth-order valence-corrected chi connectivity index (χ4v) is 6.93. The van der Waals surface area contributed by atoms with Crippen molar-refractivity contribution >= 4 is 29.7 Å². The molecule has 1 fully saturated rings. The molecule has 0 spiro atoms. The molecule has 6 rings (SSSR count). The van der Waals surface area contributed by atoms with Crippen molar-refractivity contribution in [3.8, 4) is 0 Å². The number of nitrogens with zero attached hydrogens (tertiary/aromatic N) is 4. The number of carbonyl (C=O) groups is 4. The van der Waals surface area contributed by atoms with Crippen molar-refractivity contribution in [3.05, 3.63) is 130 Å². The number of hydrogen-bond donors (Lipinski definition) is 3. The van der Waals surface area contributed by atoms with Gasteiger partial charge in [0.25, 0.3) is 11.8 Å². The fraction of sp³-hybridized carbons (Fsp3) is 0.341. The van der Waals surface area contributed by atoms with E-state index in [1.165, 1.54) is 16.7 Å².